The van der Waals surface area contributed by atoms with Gasteiger partial charge in [0.1, 0.15) is 17.3 Å². The normalized spacial score (nSPS) is 11.8. The average Bonchev–Trinajstić information content (AvgIpc) is 2.87. The minimum Gasteiger partial charge on any atom is -0.497 e. The van der Waals surface area contributed by atoms with E-state index in [0.29, 0.717) is 33.8 Å². The van der Waals surface area contributed by atoms with E-state index in [-0.39, 0.29) is 11.5 Å². The molecule has 0 aliphatic rings. The van der Waals surface area contributed by atoms with Gasteiger partial charge in [-0.1, -0.05) is 29.8 Å². The average molecular weight is 472 g/mol. The highest BCUT2D eigenvalue weighted by Gasteiger charge is 2.26. The van der Waals surface area contributed by atoms with Gasteiger partial charge < -0.3 is 14.4 Å². The Balaban J connectivity index is 1.87. The van der Waals surface area contributed by atoms with Crippen molar-refractivity contribution in [2.45, 2.75) is 26.8 Å². The summed E-state index contributed by atoms with van der Waals surface area (Å²) in [5.74, 6) is 1.27. The van der Waals surface area contributed by atoms with Crippen molar-refractivity contribution >= 4 is 16.8 Å². The summed E-state index contributed by atoms with van der Waals surface area (Å²) < 4.78 is 12.3. The summed E-state index contributed by atoms with van der Waals surface area (Å²) in [6.45, 7) is 5.85. The van der Waals surface area contributed by atoms with Gasteiger partial charge in [-0.05, 0) is 56.7 Å². The first kappa shape index (κ1) is 24.0. The molecule has 4 rings (SSSR count). The number of carbonyl (C=O) groups is 1. The minimum atomic E-state index is -0.516. The molecule has 180 valence electrons. The van der Waals surface area contributed by atoms with E-state index in [4.69, 9.17) is 14.5 Å². The van der Waals surface area contributed by atoms with Crippen LogP contribution in [-0.2, 0) is 0 Å². The number of fused-ring (bicyclic) bond motifs is 1. The maximum atomic E-state index is 13.7. The lowest BCUT2D eigenvalue weighted by Gasteiger charge is -2.28. The van der Waals surface area contributed by atoms with E-state index in [9.17, 15) is 9.59 Å². The fourth-order valence-electron chi connectivity index (χ4n) is 4.20. The summed E-state index contributed by atoms with van der Waals surface area (Å²) in [5.41, 5.74) is 3.62. The molecule has 7 nitrogen and oxygen atoms in total. The van der Waals surface area contributed by atoms with Crippen molar-refractivity contribution < 1.29 is 14.3 Å². The van der Waals surface area contributed by atoms with Crippen molar-refractivity contribution in [2.24, 2.45) is 0 Å². The number of nitrogens with zero attached hydrogens (tertiary/aromatic N) is 3. The Hall–Kier alpha value is -4.13. The summed E-state index contributed by atoms with van der Waals surface area (Å²) in [6.07, 6.45) is 0. The van der Waals surface area contributed by atoms with Crippen molar-refractivity contribution in [1.82, 2.24) is 14.5 Å². The lowest BCUT2D eigenvalue weighted by atomic mass is 10.1. The summed E-state index contributed by atoms with van der Waals surface area (Å²) in [5, 5.41) is 0.523. The lowest BCUT2D eigenvalue weighted by molar-refractivity contribution is 0.0734. The molecule has 0 saturated heterocycles. The van der Waals surface area contributed by atoms with Crippen molar-refractivity contribution in [3.05, 3.63) is 93.5 Å². The lowest BCUT2D eigenvalue weighted by Crippen LogP contribution is -2.35. The number of benzene rings is 3. The van der Waals surface area contributed by atoms with Gasteiger partial charge in [-0.2, -0.15) is 0 Å². The standard InChI is InChI=1S/C28H29N3O4/c1-17-11-12-25(18(2)13-17)31-26(29-24-10-8-7-9-23(24)28(31)33)19(3)30(4)27(32)20-14-21(34-5)16-22(15-20)35-6/h7-16,19H,1-6H3. The molecule has 0 spiro atoms. The maximum Gasteiger partial charge on any atom is 0.266 e. The van der Waals surface area contributed by atoms with Gasteiger partial charge >= 0.3 is 0 Å². The zero-order chi connectivity index (χ0) is 25.3. The molecule has 1 amide bonds. The second kappa shape index (κ2) is 9.62. The van der Waals surface area contributed by atoms with Gasteiger partial charge in [-0.3, -0.25) is 14.2 Å². The maximum absolute atomic E-state index is 13.7. The van der Waals surface area contributed by atoms with Crippen LogP contribution in [0.5, 0.6) is 11.5 Å². The largest absolute Gasteiger partial charge is 0.497 e. The number of methoxy groups -OCH3 is 2. The van der Waals surface area contributed by atoms with Gasteiger partial charge in [-0.15, -0.1) is 0 Å². The first-order valence-electron chi connectivity index (χ1n) is 11.3. The fraction of sp³-hybridized carbons (Fsp3) is 0.250. The molecule has 0 radical (unpaired) electrons. The van der Waals surface area contributed by atoms with Gasteiger partial charge in [0.15, 0.2) is 0 Å². The zero-order valence-corrected chi connectivity index (χ0v) is 20.8. The molecular weight excluding hydrogens is 442 g/mol. The van der Waals surface area contributed by atoms with E-state index in [0.717, 1.165) is 16.8 Å². The Labute approximate surface area is 204 Å². The molecule has 7 heteroatoms. The Kier molecular flexibility index (Phi) is 6.60. The Morgan fingerprint density at radius 2 is 1.63 bits per heavy atom. The van der Waals surface area contributed by atoms with Crippen LogP contribution in [0, 0.1) is 13.8 Å². The molecule has 0 aliphatic heterocycles. The summed E-state index contributed by atoms with van der Waals surface area (Å²) in [7, 11) is 4.78. The number of rotatable bonds is 6. The minimum absolute atomic E-state index is 0.173. The van der Waals surface area contributed by atoms with E-state index in [1.54, 1.807) is 40.8 Å². The van der Waals surface area contributed by atoms with Crippen LogP contribution in [0.4, 0.5) is 0 Å². The van der Waals surface area contributed by atoms with Crippen LogP contribution < -0.4 is 15.0 Å². The SMILES string of the molecule is COc1cc(OC)cc(C(=O)N(C)C(C)c2nc3ccccc3c(=O)n2-c2ccc(C)cc2C)c1. The van der Waals surface area contributed by atoms with Crippen molar-refractivity contribution in [1.29, 1.82) is 0 Å². The number of aryl methyl sites for hydroxylation is 2. The number of aromatic nitrogens is 2. The topological polar surface area (TPSA) is 73.7 Å². The van der Waals surface area contributed by atoms with Gasteiger partial charge in [0.05, 0.1) is 36.9 Å². The second-order valence-electron chi connectivity index (χ2n) is 8.61. The predicted octanol–water partition coefficient (Wildman–Crippen LogP) is 4.85. The van der Waals surface area contributed by atoms with Crippen LogP contribution in [0.15, 0.2) is 65.5 Å². The van der Waals surface area contributed by atoms with Crippen LogP contribution in [0.2, 0.25) is 0 Å². The molecule has 1 aromatic heterocycles. The van der Waals surface area contributed by atoms with Crippen LogP contribution in [0.25, 0.3) is 16.6 Å². The number of carbonyl (C=O) groups excluding carboxylic acids is 1. The molecule has 1 atom stereocenters. The number of para-hydroxylation sites is 1. The molecule has 3 aromatic carbocycles. The van der Waals surface area contributed by atoms with E-state index in [2.05, 4.69) is 0 Å². The van der Waals surface area contributed by atoms with Gasteiger partial charge in [-0.25, -0.2) is 4.98 Å². The van der Waals surface area contributed by atoms with Crippen LogP contribution in [0.3, 0.4) is 0 Å². The summed E-state index contributed by atoms with van der Waals surface area (Å²) in [4.78, 5) is 33.6. The van der Waals surface area contributed by atoms with Crippen molar-refractivity contribution in [3.63, 3.8) is 0 Å². The van der Waals surface area contributed by atoms with E-state index >= 15 is 0 Å². The fourth-order valence-corrected chi connectivity index (χ4v) is 4.20. The number of amides is 1. The van der Waals surface area contributed by atoms with Crippen molar-refractivity contribution in [2.75, 3.05) is 21.3 Å². The Morgan fingerprint density at radius 1 is 0.971 bits per heavy atom. The van der Waals surface area contributed by atoms with Gasteiger partial charge in [0.25, 0.3) is 11.5 Å². The molecule has 1 heterocycles. The second-order valence-corrected chi connectivity index (χ2v) is 8.61. The first-order valence-corrected chi connectivity index (χ1v) is 11.3. The smallest absolute Gasteiger partial charge is 0.266 e. The monoisotopic (exact) mass is 471 g/mol. The Bertz CT molecular complexity index is 1450. The predicted molar refractivity (Wildman–Crippen MR) is 137 cm³/mol. The van der Waals surface area contributed by atoms with E-state index in [1.807, 2.05) is 57.2 Å². The highest BCUT2D eigenvalue weighted by molar-refractivity contribution is 5.95. The molecule has 0 saturated carbocycles. The molecule has 4 aromatic rings. The third-order valence-corrected chi connectivity index (χ3v) is 6.27. The van der Waals surface area contributed by atoms with Crippen LogP contribution in [0.1, 0.15) is 40.3 Å². The quantitative estimate of drug-likeness (QED) is 0.402. The molecule has 35 heavy (non-hydrogen) atoms. The molecule has 1 unspecified atom stereocenters. The highest BCUT2D eigenvalue weighted by atomic mass is 16.5. The van der Waals surface area contributed by atoms with Crippen LogP contribution >= 0.6 is 0 Å². The molecule has 0 N–H and O–H groups in total. The molecular formula is C28H29N3O4. The number of ether oxygens (including phenoxy) is 2. The van der Waals surface area contributed by atoms with E-state index in [1.165, 1.54) is 14.2 Å². The zero-order valence-electron chi connectivity index (χ0n) is 20.8. The van der Waals surface area contributed by atoms with Crippen molar-refractivity contribution in [3.8, 4) is 17.2 Å². The molecule has 0 aliphatic carbocycles. The summed E-state index contributed by atoms with van der Waals surface area (Å²) in [6, 6.07) is 17.7. The third-order valence-electron chi connectivity index (χ3n) is 6.27. The van der Waals surface area contributed by atoms with E-state index < -0.39 is 6.04 Å². The van der Waals surface area contributed by atoms with Crippen LogP contribution in [-0.4, -0.2) is 41.6 Å². The third kappa shape index (κ3) is 4.49. The first-order chi connectivity index (χ1) is 16.7. The number of hydrogen-bond acceptors (Lipinski definition) is 5. The molecule has 0 fully saturated rings. The van der Waals surface area contributed by atoms with Gasteiger partial charge in [0, 0.05) is 18.7 Å². The number of hydrogen-bond donors (Lipinski definition) is 0. The molecule has 0 bridgehead atoms. The van der Waals surface area contributed by atoms with Gasteiger partial charge in [0.2, 0.25) is 0 Å². The summed E-state index contributed by atoms with van der Waals surface area (Å²) >= 11 is 0. The highest BCUT2D eigenvalue weighted by Crippen LogP contribution is 2.28. The Morgan fingerprint density at radius 3 is 2.26 bits per heavy atom.